The summed E-state index contributed by atoms with van der Waals surface area (Å²) in [7, 11) is -3.55. The van der Waals surface area contributed by atoms with Gasteiger partial charge < -0.3 is 0 Å². The van der Waals surface area contributed by atoms with Gasteiger partial charge in [-0.15, -0.1) is 0 Å². The van der Waals surface area contributed by atoms with Gasteiger partial charge >= 0.3 is 0 Å². The number of amides is 1. The van der Waals surface area contributed by atoms with E-state index in [1.165, 1.54) is 29.8 Å². The summed E-state index contributed by atoms with van der Waals surface area (Å²) in [4.78, 5) is 20.6. The Hall–Kier alpha value is -2.36. The molecule has 3 rings (SSSR count). The van der Waals surface area contributed by atoms with Gasteiger partial charge in [-0.25, -0.2) is 18.1 Å². The predicted molar refractivity (Wildman–Crippen MR) is 102 cm³/mol. The summed E-state index contributed by atoms with van der Waals surface area (Å²) in [5, 5.41) is 3.14. The number of nitrogens with one attached hydrogen (secondary N) is 2. The number of anilines is 1. The summed E-state index contributed by atoms with van der Waals surface area (Å²) >= 11 is 1.23. The molecule has 136 valence electrons. The quantitative estimate of drug-likeness (QED) is 0.604. The van der Waals surface area contributed by atoms with Gasteiger partial charge in [-0.05, 0) is 36.8 Å². The lowest BCUT2D eigenvalue weighted by molar-refractivity contribution is 0.102. The summed E-state index contributed by atoms with van der Waals surface area (Å²) in [5.74, 6) is -0.291. The highest BCUT2D eigenvalue weighted by Gasteiger charge is 2.16. The molecule has 1 amide bonds. The molecule has 0 bridgehead atoms. The fourth-order valence-electron chi connectivity index (χ4n) is 2.26. The average Bonchev–Trinajstić information content (AvgIpc) is 3.04. The zero-order valence-corrected chi connectivity index (χ0v) is 15.7. The molecule has 0 fully saturated rings. The maximum atomic E-state index is 12.3. The molecule has 3 aromatic rings. The number of pyridine rings is 1. The molecule has 1 aromatic carbocycles. The molecule has 7 nitrogen and oxygen atoms in total. The summed E-state index contributed by atoms with van der Waals surface area (Å²) in [6, 6.07) is 7.95. The first-order chi connectivity index (χ1) is 12.5. The highest BCUT2D eigenvalue weighted by Crippen LogP contribution is 2.28. The molecule has 0 aliphatic carbocycles. The van der Waals surface area contributed by atoms with Gasteiger partial charge in [0.15, 0.2) is 5.13 Å². The molecule has 26 heavy (non-hydrogen) atoms. The zero-order chi connectivity index (χ0) is 18.6. The normalized spacial score (nSPS) is 11.6. The van der Waals surface area contributed by atoms with Crippen molar-refractivity contribution in [2.75, 3.05) is 11.9 Å². The van der Waals surface area contributed by atoms with E-state index in [0.29, 0.717) is 27.5 Å². The second-order valence-electron chi connectivity index (χ2n) is 5.59. The van der Waals surface area contributed by atoms with Crippen molar-refractivity contribution in [1.29, 1.82) is 0 Å². The van der Waals surface area contributed by atoms with Gasteiger partial charge in [-0.2, -0.15) is 0 Å². The Morgan fingerprint density at radius 2 is 1.96 bits per heavy atom. The van der Waals surface area contributed by atoms with Gasteiger partial charge in [0.1, 0.15) is 0 Å². The topological polar surface area (TPSA) is 101 Å². The molecule has 2 N–H and O–H groups in total. The number of hydrogen-bond acceptors (Lipinski definition) is 6. The summed E-state index contributed by atoms with van der Waals surface area (Å²) in [6.07, 6.45) is 4.77. The fourth-order valence-corrected chi connectivity index (χ4v) is 4.34. The van der Waals surface area contributed by atoms with Crippen LogP contribution in [0.15, 0.2) is 47.6 Å². The minimum absolute atomic E-state index is 0.191. The Bertz CT molecular complexity index is 1020. The fraction of sp³-hybridized carbons (Fsp3) is 0.235. The van der Waals surface area contributed by atoms with Crippen LogP contribution >= 0.6 is 11.3 Å². The second-order valence-corrected chi connectivity index (χ2v) is 8.39. The Morgan fingerprint density at radius 1 is 1.19 bits per heavy atom. The van der Waals surface area contributed by atoms with E-state index in [4.69, 9.17) is 0 Å². The van der Waals surface area contributed by atoms with Crippen molar-refractivity contribution in [3.8, 4) is 0 Å². The average molecular weight is 390 g/mol. The lowest BCUT2D eigenvalue weighted by Gasteiger charge is -2.05. The van der Waals surface area contributed by atoms with Gasteiger partial charge in [0, 0.05) is 24.5 Å². The first-order valence-electron chi connectivity index (χ1n) is 8.11. The van der Waals surface area contributed by atoms with Crippen LogP contribution < -0.4 is 10.0 Å². The van der Waals surface area contributed by atoms with Crippen molar-refractivity contribution >= 4 is 42.6 Å². The van der Waals surface area contributed by atoms with Gasteiger partial charge in [0.2, 0.25) is 10.0 Å². The number of benzene rings is 1. The van der Waals surface area contributed by atoms with Gasteiger partial charge in [0.25, 0.3) is 5.91 Å². The first-order valence-corrected chi connectivity index (χ1v) is 10.4. The smallest absolute Gasteiger partial charge is 0.257 e. The number of hydrogen-bond donors (Lipinski definition) is 2. The van der Waals surface area contributed by atoms with E-state index in [1.54, 1.807) is 24.3 Å². The number of aromatic nitrogens is 2. The van der Waals surface area contributed by atoms with Crippen LogP contribution in [0.5, 0.6) is 0 Å². The number of sulfonamides is 1. The Morgan fingerprint density at radius 3 is 2.69 bits per heavy atom. The van der Waals surface area contributed by atoms with E-state index in [-0.39, 0.29) is 10.8 Å². The molecule has 0 atom stereocenters. The first kappa shape index (κ1) is 18.4. The van der Waals surface area contributed by atoms with Crippen molar-refractivity contribution in [2.45, 2.75) is 24.7 Å². The molecule has 0 unspecified atom stereocenters. The molecule has 0 spiro atoms. The standard InChI is InChI=1S/C17H18N4O3S2/c1-2-3-8-19-26(23,24)13-4-5-14-15(11-13)25-17(20-14)21-16(22)12-6-9-18-10-7-12/h4-7,9-11,19H,2-3,8H2,1H3,(H,20,21,22). The summed E-state index contributed by atoms with van der Waals surface area (Å²) in [6.45, 7) is 2.41. The van der Waals surface area contributed by atoms with Gasteiger partial charge in [0.05, 0.1) is 15.1 Å². The SMILES string of the molecule is CCCCNS(=O)(=O)c1ccc2nc(NC(=O)c3ccncc3)sc2c1. The molecular formula is C17H18N4O3S2. The third kappa shape index (κ3) is 4.24. The van der Waals surface area contributed by atoms with E-state index in [1.807, 2.05) is 6.92 Å². The Kier molecular flexibility index (Phi) is 5.60. The van der Waals surface area contributed by atoms with Crippen LogP contribution in [0.4, 0.5) is 5.13 Å². The monoisotopic (exact) mass is 390 g/mol. The molecule has 2 heterocycles. The van der Waals surface area contributed by atoms with Gasteiger partial charge in [-0.1, -0.05) is 24.7 Å². The minimum Gasteiger partial charge on any atom is -0.298 e. The number of thiazole rings is 1. The number of nitrogens with zero attached hydrogens (tertiary/aromatic N) is 2. The van der Waals surface area contributed by atoms with Crippen molar-refractivity contribution in [3.63, 3.8) is 0 Å². The molecule has 0 saturated carbocycles. The molecular weight excluding hydrogens is 372 g/mol. The molecule has 9 heteroatoms. The predicted octanol–water partition coefficient (Wildman–Crippen LogP) is 3.02. The Labute approximate surface area is 155 Å². The van der Waals surface area contributed by atoms with E-state index in [9.17, 15) is 13.2 Å². The molecule has 2 aromatic heterocycles. The molecule has 0 aliphatic heterocycles. The highest BCUT2D eigenvalue weighted by atomic mass is 32.2. The molecule has 0 saturated heterocycles. The van der Waals surface area contributed by atoms with E-state index >= 15 is 0 Å². The second kappa shape index (κ2) is 7.90. The van der Waals surface area contributed by atoms with Crippen molar-refractivity contribution in [2.24, 2.45) is 0 Å². The van der Waals surface area contributed by atoms with Crippen molar-refractivity contribution < 1.29 is 13.2 Å². The lowest BCUT2D eigenvalue weighted by atomic mass is 10.2. The van der Waals surface area contributed by atoms with Gasteiger partial charge in [-0.3, -0.25) is 15.1 Å². The van der Waals surface area contributed by atoms with Crippen molar-refractivity contribution in [1.82, 2.24) is 14.7 Å². The van der Waals surface area contributed by atoms with Crippen LogP contribution in [0.25, 0.3) is 10.2 Å². The van der Waals surface area contributed by atoms with Crippen molar-refractivity contribution in [3.05, 3.63) is 48.3 Å². The molecule has 0 aliphatic rings. The van der Waals surface area contributed by atoms with Crippen LogP contribution in [0.3, 0.4) is 0 Å². The number of carbonyl (C=O) groups excluding carboxylic acids is 1. The van der Waals surface area contributed by atoms with Crippen LogP contribution in [-0.4, -0.2) is 30.8 Å². The van der Waals surface area contributed by atoms with Crippen LogP contribution in [0.1, 0.15) is 30.1 Å². The highest BCUT2D eigenvalue weighted by molar-refractivity contribution is 7.89. The van der Waals surface area contributed by atoms with Crippen LogP contribution in [-0.2, 0) is 10.0 Å². The number of carbonyl (C=O) groups is 1. The zero-order valence-electron chi connectivity index (χ0n) is 14.1. The minimum atomic E-state index is -3.55. The maximum absolute atomic E-state index is 12.3. The third-order valence-corrected chi connectivity index (χ3v) is 6.05. The van der Waals surface area contributed by atoms with E-state index in [2.05, 4.69) is 20.0 Å². The van der Waals surface area contributed by atoms with Crippen LogP contribution in [0, 0.1) is 0 Å². The lowest BCUT2D eigenvalue weighted by Crippen LogP contribution is -2.24. The molecule has 0 radical (unpaired) electrons. The Balaban J connectivity index is 1.80. The number of unbranched alkanes of at least 4 members (excludes halogenated alkanes) is 1. The van der Waals surface area contributed by atoms with E-state index in [0.717, 1.165) is 12.8 Å². The number of fused-ring (bicyclic) bond motifs is 1. The largest absolute Gasteiger partial charge is 0.298 e. The van der Waals surface area contributed by atoms with Crippen LogP contribution in [0.2, 0.25) is 0 Å². The van der Waals surface area contributed by atoms with E-state index < -0.39 is 10.0 Å². The number of rotatable bonds is 7. The maximum Gasteiger partial charge on any atom is 0.257 e. The summed E-state index contributed by atoms with van der Waals surface area (Å²) in [5.41, 5.74) is 1.11. The third-order valence-electron chi connectivity index (χ3n) is 3.66. The summed E-state index contributed by atoms with van der Waals surface area (Å²) < 4.78 is 27.9.